The number of benzene rings is 1. The molecule has 0 spiro atoms. The number of likely N-dealkylation sites (N-methyl/N-ethyl adjacent to an activating group) is 1. The first-order valence-electron chi connectivity index (χ1n) is 18.1. The molecule has 1 aromatic heterocycles. The first-order valence-corrected chi connectivity index (χ1v) is 18.1. The van der Waals surface area contributed by atoms with E-state index in [1.54, 1.807) is 43.5 Å². The van der Waals surface area contributed by atoms with Gasteiger partial charge in [0.15, 0.2) is 5.82 Å². The second kappa shape index (κ2) is 14.1. The van der Waals surface area contributed by atoms with E-state index in [1.807, 2.05) is 6.92 Å². The minimum absolute atomic E-state index is 0.0264. The number of ether oxygens (including phenoxy) is 2. The highest BCUT2D eigenvalue weighted by atomic mass is 16.5. The zero-order valence-electron chi connectivity index (χ0n) is 28.9. The van der Waals surface area contributed by atoms with E-state index in [9.17, 15) is 14.4 Å². The minimum Gasteiger partial charge on any atom is -0.495 e. The molecule has 4 N–H and O–H groups in total. The van der Waals surface area contributed by atoms with Crippen LogP contribution in [0.2, 0.25) is 0 Å². The number of hydrogen-bond donors (Lipinski definition) is 3. The lowest BCUT2D eigenvalue weighted by atomic mass is 10.0. The number of nitrogens with two attached hydrogens (primary N) is 1. The number of nitrogens with one attached hydrogen (secondary N) is 2. The maximum Gasteiger partial charge on any atom is 0.306 e. The summed E-state index contributed by atoms with van der Waals surface area (Å²) in [7, 11) is 3.35. The van der Waals surface area contributed by atoms with Crippen LogP contribution < -0.4 is 30.9 Å². The zero-order chi connectivity index (χ0) is 34.2. The SMILES string of the molecule is CC[C@@H]1C(=O)N(C)c2cnc(Nc3ccc(C(=O)N[C@H]4[C@@H]5CN(CCCC(=O)OC6CCCC6)[C@H](N)[C@@H]54)cc3OC)nc2N1C1CCCC1. The van der Waals surface area contributed by atoms with E-state index < -0.39 is 0 Å². The first-order chi connectivity index (χ1) is 23.8. The number of carbonyl (C=O) groups is 3. The van der Waals surface area contributed by atoms with E-state index in [-0.39, 0.29) is 54.1 Å². The second-order valence-electron chi connectivity index (χ2n) is 14.3. The van der Waals surface area contributed by atoms with Gasteiger partial charge in [0.1, 0.15) is 23.6 Å². The molecule has 0 unspecified atom stereocenters. The van der Waals surface area contributed by atoms with Crippen LogP contribution in [0.15, 0.2) is 24.4 Å². The van der Waals surface area contributed by atoms with E-state index in [2.05, 4.69) is 25.4 Å². The fourth-order valence-corrected chi connectivity index (χ4v) is 8.59. The molecule has 13 nitrogen and oxygen atoms in total. The van der Waals surface area contributed by atoms with E-state index in [1.165, 1.54) is 0 Å². The highest BCUT2D eigenvalue weighted by Gasteiger charge is 2.60. The van der Waals surface area contributed by atoms with Crippen molar-refractivity contribution in [2.45, 2.75) is 108 Å². The van der Waals surface area contributed by atoms with E-state index in [4.69, 9.17) is 20.2 Å². The summed E-state index contributed by atoms with van der Waals surface area (Å²) in [6.07, 6.45) is 12.1. The fraction of sp³-hybridized carbons (Fsp3) is 0.639. The molecule has 1 saturated heterocycles. The van der Waals surface area contributed by atoms with Crippen LogP contribution in [0, 0.1) is 11.8 Å². The predicted molar refractivity (Wildman–Crippen MR) is 186 cm³/mol. The molecular formula is C36H50N8O5. The molecule has 2 aromatic rings. The van der Waals surface area contributed by atoms with Crippen molar-refractivity contribution < 1.29 is 23.9 Å². The predicted octanol–water partition coefficient (Wildman–Crippen LogP) is 3.94. The second-order valence-corrected chi connectivity index (χ2v) is 14.3. The molecule has 5 aliphatic rings. The van der Waals surface area contributed by atoms with Gasteiger partial charge in [-0.25, -0.2) is 4.98 Å². The Hall–Kier alpha value is -3.97. The van der Waals surface area contributed by atoms with Gasteiger partial charge in [0.25, 0.3) is 5.91 Å². The molecule has 1 aromatic carbocycles. The number of hydrogen-bond acceptors (Lipinski definition) is 11. The molecular weight excluding hydrogens is 624 g/mol. The summed E-state index contributed by atoms with van der Waals surface area (Å²) in [5.41, 5.74) is 8.40. The maximum absolute atomic E-state index is 13.3. The molecule has 264 valence electrons. The number of rotatable bonds is 12. The van der Waals surface area contributed by atoms with Gasteiger partial charge in [-0.05, 0) is 75.5 Å². The lowest BCUT2D eigenvalue weighted by molar-refractivity contribution is -0.148. The average molecular weight is 675 g/mol. The quantitative estimate of drug-likeness (QED) is 0.281. The molecule has 3 saturated carbocycles. The number of piperidine rings is 1. The number of aromatic nitrogens is 2. The molecule has 0 radical (unpaired) electrons. The Bertz CT molecular complexity index is 1560. The fourth-order valence-electron chi connectivity index (χ4n) is 8.59. The van der Waals surface area contributed by atoms with Crippen molar-refractivity contribution >= 4 is 40.9 Å². The monoisotopic (exact) mass is 674 g/mol. The van der Waals surface area contributed by atoms with Gasteiger partial charge in [-0.1, -0.05) is 19.8 Å². The highest BCUT2D eigenvalue weighted by Crippen LogP contribution is 2.48. The van der Waals surface area contributed by atoms with Crippen LogP contribution >= 0.6 is 0 Å². The lowest BCUT2D eigenvalue weighted by Gasteiger charge is -2.43. The molecule has 2 amide bonds. The van der Waals surface area contributed by atoms with Crippen LogP contribution in [-0.2, 0) is 14.3 Å². The largest absolute Gasteiger partial charge is 0.495 e. The number of fused-ring (bicyclic) bond motifs is 2. The highest BCUT2D eigenvalue weighted by molar-refractivity contribution is 6.04. The molecule has 49 heavy (non-hydrogen) atoms. The number of methoxy groups -OCH3 is 1. The van der Waals surface area contributed by atoms with Crippen LogP contribution in [0.1, 0.15) is 87.9 Å². The summed E-state index contributed by atoms with van der Waals surface area (Å²) in [5.74, 6) is 1.95. The summed E-state index contributed by atoms with van der Waals surface area (Å²) < 4.78 is 11.3. The summed E-state index contributed by atoms with van der Waals surface area (Å²) in [4.78, 5) is 54.3. The normalized spacial score (nSPS) is 26.9. The Labute approximate surface area is 288 Å². The summed E-state index contributed by atoms with van der Waals surface area (Å²) in [6, 6.07) is 5.33. The molecule has 4 fully saturated rings. The molecule has 13 heteroatoms. The van der Waals surface area contributed by atoms with Crippen molar-refractivity contribution in [3.05, 3.63) is 30.0 Å². The number of likely N-dealkylation sites (tertiary alicyclic amines) is 1. The maximum atomic E-state index is 13.3. The standard InChI is InChI=1S/C36H50N8O5/c1-4-26-35(47)42(2)27-19-38-36(41-33(27)44(26)22-10-5-6-11-22)39-25-16-15-21(18-28(25)48-3)34(46)40-31-24-20-43(32(37)30(24)31)17-9-14-29(45)49-23-12-7-8-13-23/h15-16,18-19,22-24,26,30-32H,4-14,17,20,37H2,1-3H3,(H,40,46)(H,38,39,41)/t24-,26-,30+,31+,32+/m1/s1. The lowest BCUT2D eigenvalue weighted by Crippen LogP contribution is -2.55. The third-order valence-corrected chi connectivity index (χ3v) is 11.3. The van der Waals surface area contributed by atoms with Gasteiger partial charge in [-0.15, -0.1) is 0 Å². The number of anilines is 4. The summed E-state index contributed by atoms with van der Waals surface area (Å²) in [6.45, 7) is 3.61. The van der Waals surface area contributed by atoms with E-state index in [0.717, 1.165) is 76.7 Å². The van der Waals surface area contributed by atoms with Gasteiger partial charge < -0.3 is 35.6 Å². The third-order valence-electron chi connectivity index (χ3n) is 11.3. The van der Waals surface area contributed by atoms with Gasteiger partial charge in [-0.2, -0.15) is 4.98 Å². The topological polar surface area (TPSA) is 155 Å². The van der Waals surface area contributed by atoms with Crippen LogP contribution in [-0.4, -0.2) is 90.3 Å². The van der Waals surface area contributed by atoms with Crippen molar-refractivity contribution in [1.82, 2.24) is 20.2 Å². The van der Waals surface area contributed by atoms with Gasteiger partial charge >= 0.3 is 5.97 Å². The van der Waals surface area contributed by atoms with Gasteiger partial charge in [0.2, 0.25) is 11.9 Å². The van der Waals surface area contributed by atoms with Gasteiger partial charge in [0.05, 0.1) is 25.2 Å². The van der Waals surface area contributed by atoms with Crippen molar-refractivity contribution in [2.24, 2.45) is 17.6 Å². The van der Waals surface area contributed by atoms with Gasteiger partial charge in [-0.3, -0.25) is 19.3 Å². The molecule has 0 bridgehead atoms. The average Bonchev–Trinajstić information content (AvgIpc) is 3.57. The van der Waals surface area contributed by atoms with E-state index >= 15 is 0 Å². The Morgan fingerprint density at radius 1 is 1.10 bits per heavy atom. The van der Waals surface area contributed by atoms with Crippen molar-refractivity contribution in [1.29, 1.82) is 0 Å². The van der Waals surface area contributed by atoms with Crippen molar-refractivity contribution in [3.8, 4) is 5.75 Å². The first kappa shape index (κ1) is 33.5. The Morgan fingerprint density at radius 2 is 1.86 bits per heavy atom. The van der Waals surface area contributed by atoms with Crippen molar-refractivity contribution in [3.63, 3.8) is 0 Å². The summed E-state index contributed by atoms with van der Waals surface area (Å²) in [5, 5.41) is 6.47. The molecule has 3 heterocycles. The number of carbonyl (C=O) groups excluding carboxylic acids is 3. The van der Waals surface area contributed by atoms with E-state index in [0.29, 0.717) is 47.4 Å². The number of nitrogens with zero attached hydrogens (tertiary/aromatic N) is 5. The zero-order valence-corrected chi connectivity index (χ0v) is 28.9. The Morgan fingerprint density at radius 3 is 2.55 bits per heavy atom. The number of amides is 2. The van der Waals surface area contributed by atoms with Crippen LogP contribution in [0.5, 0.6) is 5.75 Å². The summed E-state index contributed by atoms with van der Waals surface area (Å²) >= 11 is 0. The molecule has 7 rings (SSSR count). The van der Waals surface area contributed by atoms with Gasteiger partial charge in [0, 0.05) is 50.1 Å². The molecule has 3 aliphatic carbocycles. The smallest absolute Gasteiger partial charge is 0.306 e. The molecule has 2 aliphatic heterocycles. The van der Waals surface area contributed by atoms with Crippen LogP contribution in [0.4, 0.5) is 23.1 Å². The van der Waals surface area contributed by atoms with Crippen molar-refractivity contribution in [2.75, 3.05) is 42.4 Å². The van der Waals surface area contributed by atoms with Crippen LogP contribution in [0.25, 0.3) is 0 Å². The number of esters is 1. The third kappa shape index (κ3) is 6.66. The van der Waals surface area contributed by atoms with Crippen LogP contribution in [0.3, 0.4) is 0 Å². The Kier molecular flexibility index (Phi) is 9.65. The Balaban J connectivity index is 0.955. The minimum atomic E-state index is -0.254. The molecule has 5 atom stereocenters.